The molecule has 0 radical (unpaired) electrons. The fourth-order valence-corrected chi connectivity index (χ4v) is 8.33. The molecular formula is C52H30N2O3. The zero-order valence-corrected chi connectivity index (χ0v) is 30.4. The number of furan rings is 3. The van der Waals surface area contributed by atoms with Gasteiger partial charge in [0.1, 0.15) is 33.5 Å². The summed E-state index contributed by atoms with van der Waals surface area (Å²) in [4.78, 5) is 9.49. The minimum absolute atomic E-state index is 0.809. The first-order chi connectivity index (χ1) is 28.2. The molecule has 0 saturated carbocycles. The van der Waals surface area contributed by atoms with Crippen molar-refractivity contribution < 1.29 is 13.3 Å². The molecule has 0 spiro atoms. The van der Waals surface area contributed by atoms with Crippen LogP contribution >= 0.6 is 0 Å². The smallest absolute Gasteiger partial charge is 0.135 e. The largest absolute Gasteiger partial charge is 0.456 e. The van der Waals surface area contributed by atoms with Crippen LogP contribution in [0.2, 0.25) is 0 Å². The number of para-hydroxylation sites is 2. The van der Waals surface area contributed by atoms with Gasteiger partial charge in [-0.3, -0.25) is 9.97 Å². The maximum atomic E-state index is 6.35. The van der Waals surface area contributed by atoms with Crippen molar-refractivity contribution in [2.75, 3.05) is 0 Å². The van der Waals surface area contributed by atoms with E-state index in [-0.39, 0.29) is 0 Å². The molecule has 0 amide bonds. The van der Waals surface area contributed by atoms with E-state index in [4.69, 9.17) is 23.2 Å². The number of benzene rings is 7. The number of nitrogens with zero attached hydrogens (tertiary/aromatic N) is 2. The van der Waals surface area contributed by atoms with Crippen molar-refractivity contribution in [3.63, 3.8) is 0 Å². The fourth-order valence-electron chi connectivity index (χ4n) is 8.33. The first-order valence-corrected chi connectivity index (χ1v) is 19.0. The lowest BCUT2D eigenvalue weighted by atomic mass is 9.96. The third-order valence-electron chi connectivity index (χ3n) is 11.2. The zero-order valence-electron chi connectivity index (χ0n) is 30.4. The first kappa shape index (κ1) is 31.6. The molecule has 0 fully saturated rings. The summed E-state index contributed by atoms with van der Waals surface area (Å²) in [5.74, 6) is 0. The van der Waals surface area contributed by atoms with Crippen LogP contribution in [0.4, 0.5) is 0 Å². The van der Waals surface area contributed by atoms with Gasteiger partial charge in [-0.1, -0.05) is 78.9 Å². The highest BCUT2D eigenvalue weighted by Crippen LogP contribution is 2.38. The molecule has 5 heterocycles. The molecule has 0 aliphatic carbocycles. The van der Waals surface area contributed by atoms with Gasteiger partial charge in [0.05, 0.1) is 11.4 Å². The molecular weight excluding hydrogens is 701 g/mol. The van der Waals surface area contributed by atoms with Crippen LogP contribution in [0, 0.1) is 0 Å². The quantitative estimate of drug-likeness (QED) is 0.176. The second kappa shape index (κ2) is 12.4. The van der Waals surface area contributed by atoms with Crippen molar-refractivity contribution in [3.8, 4) is 55.9 Å². The van der Waals surface area contributed by atoms with Crippen LogP contribution in [-0.4, -0.2) is 9.97 Å². The molecule has 0 aliphatic heterocycles. The first-order valence-electron chi connectivity index (χ1n) is 19.0. The van der Waals surface area contributed by atoms with E-state index in [1.54, 1.807) is 0 Å². The van der Waals surface area contributed by atoms with Crippen molar-refractivity contribution in [2.24, 2.45) is 0 Å². The van der Waals surface area contributed by atoms with Crippen LogP contribution in [0.1, 0.15) is 0 Å². The molecule has 0 N–H and O–H groups in total. The Bertz CT molecular complexity index is 3550. The summed E-state index contributed by atoms with van der Waals surface area (Å²) < 4.78 is 18.5. The van der Waals surface area contributed by atoms with Crippen LogP contribution in [0.25, 0.3) is 122 Å². The van der Waals surface area contributed by atoms with E-state index in [2.05, 4.69) is 127 Å². The van der Waals surface area contributed by atoms with Crippen molar-refractivity contribution in [1.82, 2.24) is 9.97 Å². The van der Waals surface area contributed by atoms with Crippen molar-refractivity contribution in [3.05, 3.63) is 182 Å². The summed E-state index contributed by atoms with van der Waals surface area (Å²) in [6.07, 6.45) is 3.71. The predicted molar refractivity (Wildman–Crippen MR) is 231 cm³/mol. The van der Waals surface area contributed by atoms with Crippen molar-refractivity contribution >= 4 is 65.8 Å². The standard InChI is InChI=1S/C52H30N2O3/c1-3-10-47-39(8-1)41-25-33(12-16-49(41)55-47)31-6-5-7-32(24-31)34-13-18-51-43(27-34)44-28-36(15-19-52(44)57-51)38-21-23-54-46(30-38)45-29-37(20-22-53-45)35-14-17-50-42(26-35)40-9-2-4-11-48(40)56-50/h1-30H. The molecule has 57 heavy (non-hydrogen) atoms. The maximum Gasteiger partial charge on any atom is 0.135 e. The highest BCUT2D eigenvalue weighted by Gasteiger charge is 2.14. The van der Waals surface area contributed by atoms with Gasteiger partial charge in [-0.15, -0.1) is 0 Å². The van der Waals surface area contributed by atoms with E-state index in [0.717, 1.165) is 122 Å². The number of pyridine rings is 2. The summed E-state index contributed by atoms with van der Waals surface area (Å²) in [5, 5.41) is 6.61. The summed E-state index contributed by atoms with van der Waals surface area (Å²) >= 11 is 0. The van der Waals surface area contributed by atoms with Gasteiger partial charge < -0.3 is 13.3 Å². The Balaban J connectivity index is 0.881. The van der Waals surface area contributed by atoms with Gasteiger partial charge in [-0.05, 0) is 136 Å². The van der Waals surface area contributed by atoms with E-state index in [9.17, 15) is 0 Å². The highest BCUT2D eigenvalue weighted by molar-refractivity contribution is 6.09. The summed E-state index contributed by atoms with van der Waals surface area (Å²) in [5.41, 5.74) is 15.8. The maximum absolute atomic E-state index is 6.35. The Labute approximate surface area is 326 Å². The van der Waals surface area contributed by atoms with E-state index in [0.29, 0.717) is 0 Å². The van der Waals surface area contributed by atoms with Crippen LogP contribution < -0.4 is 0 Å². The van der Waals surface area contributed by atoms with Gasteiger partial charge in [-0.25, -0.2) is 0 Å². The van der Waals surface area contributed by atoms with E-state index in [1.807, 2.05) is 54.9 Å². The Morgan fingerprint density at radius 1 is 0.246 bits per heavy atom. The molecule has 0 atom stereocenters. The molecule has 7 aromatic carbocycles. The van der Waals surface area contributed by atoms with Gasteiger partial charge in [-0.2, -0.15) is 0 Å². The Kier molecular flexibility index (Phi) is 6.86. The molecule has 5 aromatic heterocycles. The molecule has 0 aliphatic rings. The van der Waals surface area contributed by atoms with Crippen LogP contribution in [0.15, 0.2) is 196 Å². The normalized spacial score (nSPS) is 11.9. The molecule has 0 unspecified atom stereocenters. The SMILES string of the molecule is c1cc(-c2ccc3oc4ccccc4c3c2)cc(-c2ccc3oc4ccc(-c5ccnc(-c6cc(-c7ccc8oc9ccccc9c8c7)ccn6)c5)cc4c3c2)c1. The third kappa shape index (κ3) is 5.24. The summed E-state index contributed by atoms with van der Waals surface area (Å²) in [6.45, 7) is 0. The number of fused-ring (bicyclic) bond motifs is 9. The number of aromatic nitrogens is 2. The average molecular weight is 731 g/mol. The summed E-state index contributed by atoms with van der Waals surface area (Å²) in [7, 11) is 0. The van der Waals surface area contributed by atoms with Gasteiger partial charge in [0.25, 0.3) is 0 Å². The van der Waals surface area contributed by atoms with Gasteiger partial charge >= 0.3 is 0 Å². The highest BCUT2D eigenvalue weighted by atomic mass is 16.3. The Morgan fingerprint density at radius 3 is 1.00 bits per heavy atom. The molecule has 266 valence electrons. The molecule has 12 aromatic rings. The number of rotatable bonds is 5. The molecule has 5 nitrogen and oxygen atoms in total. The fraction of sp³-hybridized carbons (Fsp3) is 0. The summed E-state index contributed by atoms with van der Waals surface area (Å²) in [6, 6.07) is 59.1. The lowest BCUT2D eigenvalue weighted by Gasteiger charge is -2.08. The molecule has 0 saturated heterocycles. The van der Waals surface area contributed by atoms with Gasteiger partial charge in [0.2, 0.25) is 0 Å². The minimum Gasteiger partial charge on any atom is -0.456 e. The minimum atomic E-state index is 0.809. The molecule has 0 bridgehead atoms. The van der Waals surface area contributed by atoms with Crippen molar-refractivity contribution in [2.45, 2.75) is 0 Å². The average Bonchev–Trinajstić information content (AvgIpc) is 3.96. The van der Waals surface area contributed by atoms with Gasteiger partial charge in [0, 0.05) is 44.7 Å². The monoisotopic (exact) mass is 730 g/mol. The second-order valence-electron chi connectivity index (χ2n) is 14.6. The number of hydrogen-bond acceptors (Lipinski definition) is 5. The van der Waals surface area contributed by atoms with Crippen LogP contribution in [-0.2, 0) is 0 Å². The van der Waals surface area contributed by atoms with Crippen molar-refractivity contribution in [1.29, 1.82) is 0 Å². The number of hydrogen-bond donors (Lipinski definition) is 0. The second-order valence-corrected chi connectivity index (χ2v) is 14.6. The van der Waals surface area contributed by atoms with Gasteiger partial charge in [0.15, 0.2) is 0 Å². The molecule has 5 heteroatoms. The Morgan fingerprint density at radius 2 is 0.579 bits per heavy atom. The van der Waals surface area contributed by atoms with E-state index in [1.165, 1.54) is 0 Å². The lowest BCUT2D eigenvalue weighted by Crippen LogP contribution is -1.90. The molecule has 12 rings (SSSR count). The van der Waals surface area contributed by atoms with Crippen LogP contribution in [0.5, 0.6) is 0 Å². The van der Waals surface area contributed by atoms with E-state index >= 15 is 0 Å². The zero-order chi connectivity index (χ0) is 37.5. The third-order valence-corrected chi connectivity index (χ3v) is 11.2. The van der Waals surface area contributed by atoms with E-state index < -0.39 is 0 Å². The van der Waals surface area contributed by atoms with Crippen LogP contribution in [0.3, 0.4) is 0 Å². The lowest BCUT2D eigenvalue weighted by molar-refractivity contribution is 0.668. The predicted octanol–water partition coefficient (Wildman–Crippen LogP) is 14.5. The topological polar surface area (TPSA) is 65.2 Å². The Hall–Kier alpha value is -7.76.